The van der Waals surface area contributed by atoms with Crippen molar-refractivity contribution < 1.29 is 29.0 Å². The first-order valence-electron chi connectivity index (χ1n) is 12.9. The van der Waals surface area contributed by atoms with E-state index in [0.717, 1.165) is 27.8 Å². The van der Waals surface area contributed by atoms with Gasteiger partial charge in [-0.05, 0) is 48.6 Å². The van der Waals surface area contributed by atoms with E-state index in [1.54, 1.807) is 20.8 Å². The van der Waals surface area contributed by atoms with Crippen LogP contribution in [0.1, 0.15) is 43.4 Å². The minimum Gasteiger partial charge on any atom is -0.480 e. The molecule has 8 nitrogen and oxygen atoms in total. The topological polar surface area (TPSA) is 114 Å². The summed E-state index contributed by atoms with van der Waals surface area (Å²) in [5.41, 5.74) is 4.60. The van der Waals surface area contributed by atoms with Crippen molar-refractivity contribution >= 4 is 18.0 Å². The largest absolute Gasteiger partial charge is 0.480 e. The highest BCUT2D eigenvalue weighted by Crippen LogP contribution is 2.44. The number of carboxylic acids is 1. The molecule has 1 aliphatic carbocycles. The Bertz CT molecular complexity index is 1270. The fraction of sp³-hybridized carbons (Fsp3) is 0.323. The summed E-state index contributed by atoms with van der Waals surface area (Å²) in [6.07, 6.45) is -0.602. The number of aliphatic carboxylic acids is 1. The van der Waals surface area contributed by atoms with Crippen LogP contribution in [0.15, 0.2) is 78.9 Å². The van der Waals surface area contributed by atoms with Gasteiger partial charge in [0.15, 0.2) is 6.04 Å². The van der Waals surface area contributed by atoms with Gasteiger partial charge in [-0.25, -0.2) is 9.59 Å². The van der Waals surface area contributed by atoms with Crippen LogP contribution in [0.25, 0.3) is 11.1 Å². The molecule has 0 aliphatic heterocycles. The third-order valence-electron chi connectivity index (χ3n) is 6.53. The van der Waals surface area contributed by atoms with E-state index in [0.29, 0.717) is 0 Å². The molecule has 2 amide bonds. The smallest absolute Gasteiger partial charge is 0.407 e. The van der Waals surface area contributed by atoms with Crippen molar-refractivity contribution in [3.63, 3.8) is 0 Å². The van der Waals surface area contributed by atoms with E-state index in [2.05, 4.69) is 22.8 Å². The van der Waals surface area contributed by atoms with Crippen molar-refractivity contribution in [3.8, 4) is 11.1 Å². The van der Waals surface area contributed by atoms with E-state index < -0.39 is 35.7 Å². The molecule has 2 atom stereocenters. The van der Waals surface area contributed by atoms with Gasteiger partial charge in [-0.3, -0.25) is 4.79 Å². The minimum atomic E-state index is -1.28. The molecular formula is C31H34N2O6. The van der Waals surface area contributed by atoms with Crippen molar-refractivity contribution in [2.75, 3.05) is 13.2 Å². The number of carbonyl (C=O) groups is 3. The highest BCUT2D eigenvalue weighted by molar-refractivity contribution is 5.89. The van der Waals surface area contributed by atoms with Crippen LogP contribution in [0.3, 0.4) is 0 Å². The molecule has 3 aromatic carbocycles. The average Bonchev–Trinajstić information content (AvgIpc) is 3.23. The van der Waals surface area contributed by atoms with Crippen molar-refractivity contribution in [2.45, 2.75) is 50.8 Å². The Kier molecular flexibility index (Phi) is 8.66. The summed E-state index contributed by atoms with van der Waals surface area (Å²) in [6, 6.07) is 22.9. The van der Waals surface area contributed by atoms with Crippen LogP contribution < -0.4 is 10.6 Å². The molecule has 4 rings (SSSR count). The fourth-order valence-corrected chi connectivity index (χ4v) is 4.62. The number of ether oxygens (including phenoxy) is 2. The lowest BCUT2D eigenvalue weighted by Crippen LogP contribution is -2.54. The first kappa shape index (κ1) is 27.9. The predicted molar refractivity (Wildman–Crippen MR) is 147 cm³/mol. The van der Waals surface area contributed by atoms with Gasteiger partial charge in [0.25, 0.3) is 0 Å². The van der Waals surface area contributed by atoms with E-state index in [9.17, 15) is 19.5 Å². The number of alkyl carbamates (subject to hydrolysis) is 1. The third-order valence-corrected chi connectivity index (χ3v) is 6.53. The van der Waals surface area contributed by atoms with Crippen LogP contribution in [0, 0.1) is 0 Å². The Labute approximate surface area is 228 Å². The van der Waals surface area contributed by atoms with Crippen LogP contribution in [0.2, 0.25) is 0 Å². The molecule has 204 valence electrons. The fourth-order valence-electron chi connectivity index (χ4n) is 4.62. The number of carboxylic acid groups (broad SMARTS) is 1. The van der Waals surface area contributed by atoms with Crippen LogP contribution in [0.4, 0.5) is 4.79 Å². The summed E-state index contributed by atoms with van der Waals surface area (Å²) in [5.74, 6) is -2.00. The Morgan fingerprint density at radius 3 is 1.95 bits per heavy atom. The van der Waals surface area contributed by atoms with Gasteiger partial charge in [-0.15, -0.1) is 0 Å². The molecule has 0 bridgehead atoms. The van der Waals surface area contributed by atoms with Crippen LogP contribution in [0.5, 0.6) is 0 Å². The van der Waals surface area contributed by atoms with E-state index in [4.69, 9.17) is 9.47 Å². The van der Waals surface area contributed by atoms with Gasteiger partial charge in [-0.1, -0.05) is 78.9 Å². The molecule has 0 unspecified atom stereocenters. The van der Waals surface area contributed by atoms with Crippen LogP contribution in [-0.2, 0) is 25.5 Å². The molecule has 0 fully saturated rings. The molecule has 0 saturated heterocycles. The minimum absolute atomic E-state index is 0.0940. The summed E-state index contributed by atoms with van der Waals surface area (Å²) in [7, 11) is 0. The summed E-state index contributed by atoms with van der Waals surface area (Å²) in [4.78, 5) is 38.0. The van der Waals surface area contributed by atoms with E-state index in [1.165, 1.54) is 0 Å². The van der Waals surface area contributed by atoms with Crippen molar-refractivity contribution in [2.24, 2.45) is 0 Å². The normalized spacial score (nSPS) is 14.0. The molecule has 3 N–H and O–H groups in total. The maximum Gasteiger partial charge on any atom is 0.407 e. The predicted octanol–water partition coefficient (Wildman–Crippen LogP) is 4.52. The van der Waals surface area contributed by atoms with Gasteiger partial charge in [0.1, 0.15) is 12.6 Å². The number of rotatable bonds is 10. The van der Waals surface area contributed by atoms with Crippen LogP contribution >= 0.6 is 0 Å². The maximum absolute atomic E-state index is 13.2. The lowest BCUT2D eigenvalue weighted by molar-refractivity contribution is -0.145. The van der Waals surface area contributed by atoms with Gasteiger partial charge in [0.05, 0.1) is 12.2 Å². The van der Waals surface area contributed by atoms with Gasteiger partial charge >= 0.3 is 12.1 Å². The van der Waals surface area contributed by atoms with E-state index in [-0.39, 0.29) is 25.6 Å². The van der Waals surface area contributed by atoms with E-state index >= 15 is 0 Å². The SMILES string of the molecule is CC(C)(C)OC[C@@H](NC(=O)[C@@H](Cc1ccccc1)NC(=O)OCC1c2ccccc2-c2ccccc21)C(=O)O. The van der Waals surface area contributed by atoms with Crippen molar-refractivity contribution in [1.82, 2.24) is 10.6 Å². The monoisotopic (exact) mass is 530 g/mol. The van der Waals surface area contributed by atoms with Gasteiger partial charge in [0.2, 0.25) is 5.91 Å². The molecule has 1 aliphatic rings. The number of benzene rings is 3. The standard InChI is InChI=1S/C31H34N2O6/c1-31(2,3)39-19-27(29(35)36)32-28(34)26(17-20-11-5-4-6-12-20)33-30(37)38-18-25-23-15-9-7-13-21(23)22-14-8-10-16-24(22)25/h4-16,25-27H,17-19H2,1-3H3,(H,32,34)(H,33,37)(H,35,36)/t26-,27-/m1/s1. The zero-order valence-electron chi connectivity index (χ0n) is 22.3. The molecule has 0 heterocycles. The van der Waals surface area contributed by atoms with E-state index in [1.807, 2.05) is 66.7 Å². The number of hydrogen-bond acceptors (Lipinski definition) is 5. The lowest BCUT2D eigenvalue weighted by Gasteiger charge is -2.25. The number of hydrogen-bond donors (Lipinski definition) is 3. The molecule has 8 heteroatoms. The first-order valence-corrected chi connectivity index (χ1v) is 12.9. The van der Waals surface area contributed by atoms with Crippen LogP contribution in [-0.4, -0.2) is 54.0 Å². The number of fused-ring (bicyclic) bond motifs is 3. The summed E-state index contributed by atoms with van der Waals surface area (Å²) in [5, 5.41) is 14.8. The molecule has 0 saturated carbocycles. The third kappa shape index (κ3) is 7.23. The Morgan fingerprint density at radius 2 is 1.38 bits per heavy atom. The van der Waals surface area contributed by atoms with Gasteiger partial charge in [0, 0.05) is 12.3 Å². The molecular weight excluding hydrogens is 496 g/mol. The number of carbonyl (C=O) groups excluding carboxylic acids is 2. The first-order chi connectivity index (χ1) is 18.6. The average molecular weight is 531 g/mol. The lowest BCUT2D eigenvalue weighted by atomic mass is 9.98. The van der Waals surface area contributed by atoms with Crippen molar-refractivity contribution in [3.05, 3.63) is 95.6 Å². The second-order valence-electron chi connectivity index (χ2n) is 10.5. The van der Waals surface area contributed by atoms with Crippen molar-refractivity contribution in [1.29, 1.82) is 0 Å². The Balaban J connectivity index is 1.45. The molecule has 0 spiro atoms. The molecule has 39 heavy (non-hydrogen) atoms. The quantitative estimate of drug-likeness (QED) is 0.355. The second kappa shape index (κ2) is 12.1. The summed E-state index contributed by atoms with van der Waals surface area (Å²) < 4.78 is 11.2. The highest BCUT2D eigenvalue weighted by Gasteiger charge is 2.31. The summed E-state index contributed by atoms with van der Waals surface area (Å²) >= 11 is 0. The highest BCUT2D eigenvalue weighted by atomic mass is 16.5. The van der Waals surface area contributed by atoms with Gasteiger partial charge in [-0.2, -0.15) is 0 Å². The Hall–Kier alpha value is -4.17. The molecule has 3 aromatic rings. The molecule has 0 aromatic heterocycles. The molecule has 0 radical (unpaired) electrons. The zero-order chi connectivity index (χ0) is 28.0. The number of amides is 2. The van der Waals surface area contributed by atoms with Gasteiger partial charge < -0.3 is 25.2 Å². The number of nitrogens with one attached hydrogen (secondary N) is 2. The zero-order valence-corrected chi connectivity index (χ0v) is 22.3. The second-order valence-corrected chi connectivity index (χ2v) is 10.5. The maximum atomic E-state index is 13.2. The Morgan fingerprint density at radius 1 is 0.821 bits per heavy atom. The summed E-state index contributed by atoms with van der Waals surface area (Å²) in [6.45, 7) is 5.27.